The molecule has 298 valence electrons. The molecule has 0 spiro atoms. The summed E-state index contributed by atoms with van der Waals surface area (Å²) in [5.41, 5.74) is 3.22. The molecule has 3 saturated heterocycles. The number of rotatable bonds is 16. The quantitative estimate of drug-likeness (QED) is 0.0886. The van der Waals surface area contributed by atoms with Crippen LogP contribution in [0.3, 0.4) is 0 Å². The fraction of sp³-hybridized carbons (Fsp3) is 0.591. The number of esters is 1. The topological polar surface area (TPSA) is 135 Å². The van der Waals surface area contributed by atoms with E-state index < -0.39 is 48.1 Å². The molecular formula is C44H57NO10. The fourth-order valence-corrected chi connectivity index (χ4v) is 7.66. The van der Waals surface area contributed by atoms with Gasteiger partial charge in [-0.1, -0.05) is 75.8 Å². The molecule has 0 saturated carbocycles. The Balaban J connectivity index is 1.33. The van der Waals surface area contributed by atoms with E-state index >= 15 is 0 Å². The van der Waals surface area contributed by atoms with Crippen LogP contribution in [-0.4, -0.2) is 79.0 Å². The van der Waals surface area contributed by atoms with Crippen molar-refractivity contribution in [3.05, 3.63) is 70.5 Å². The first-order chi connectivity index (χ1) is 26.5. The van der Waals surface area contributed by atoms with Gasteiger partial charge in [0.25, 0.3) is 0 Å². The maximum atomic E-state index is 14.3. The molecule has 55 heavy (non-hydrogen) atoms. The number of nitrogens with one attached hydrogen (secondary N) is 1. The van der Waals surface area contributed by atoms with Gasteiger partial charge in [0.05, 0.1) is 17.6 Å². The number of furan rings is 1. The summed E-state index contributed by atoms with van der Waals surface area (Å²) in [5, 5.41) is 12.9. The fourth-order valence-electron chi connectivity index (χ4n) is 7.66. The first-order valence-corrected chi connectivity index (χ1v) is 20.0. The molecule has 4 heterocycles. The Morgan fingerprint density at radius 2 is 1.71 bits per heavy atom. The van der Waals surface area contributed by atoms with Gasteiger partial charge in [-0.15, -0.1) is 0 Å². The van der Waals surface area contributed by atoms with Gasteiger partial charge in [0.1, 0.15) is 36.2 Å². The third kappa shape index (κ3) is 9.45. The molecule has 3 aliphatic rings. The molecule has 3 aromatic rings. The summed E-state index contributed by atoms with van der Waals surface area (Å²) in [6.45, 7) is 11.9. The number of carbonyl (C=O) groups excluding carboxylic acids is 2. The Morgan fingerprint density at radius 1 is 0.945 bits per heavy atom. The summed E-state index contributed by atoms with van der Waals surface area (Å²) in [4.78, 5) is 28.0. The standard InChI is InChI=1S/C44H57NO10/c1-7-10-12-14-20-30-24-28(25-31(29-18-15-13-16-19-29)40(47)45-22-17-23-46)26-32-35(34(21-11-8-2)50-36(30)32)41(48)49-27-44(6)53-37-33(9-3)51-42-39(38(37)54-44)52-43(4,5)55-42/h13,15-16,18-19,24,26,31,33,37-39,42,46H,7-12,17,21-23,25,27H2,1-6H3,(H,45,47). The molecule has 3 aliphatic heterocycles. The van der Waals surface area contributed by atoms with E-state index in [-0.39, 0.29) is 25.2 Å². The number of carbonyl (C=O) groups is 2. The molecule has 11 heteroatoms. The minimum absolute atomic E-state index is 0.0122. The lowest BCUT2D eigenvalue weighted by molar-refractivity contribution is -0.235. The van der Waals surface area contributed by atoms with E-state index in [1.165, 1.54) is 0 Å². The molecule has 0 radical (unpaired) electrons. The highest BCUT2D eigenvalue weighted by Crippen LogP contribution is 2.45. The Morgan fingerprint density at radius 3 is 2.44 bits per heavy atom. The largest absolute Gasteiger partial charge is 0.459 e. The lowest BCUT2D eigenvalue weighted by atomic mass is 9.89. The molecule has 3 fully saturated rings. The van der Waals surface area contributed by atoms with E-state index in [4.69, 9.17) is 32.8 Å². The van der Waals surface area contributed by atoms with E-state index in [9.17, 15) is 14.7 Å². The zero-order valence-corrected chi connectivity index (χ0v) is 33.1. The van der Waals surface area contributed by atoms with Gasteiger partial charge in [-0.05, 0) is 76.1 Å². The molecule has 7 unspecified atom stereocenters. The summed E-state index contributed by atoms with van der Waals surface area (Å²) in [7, 11) is 0. The van der Waals surface area contributed by atoms with Gasteiger partial charge in [0.15, 0.2) is 17.7 Å². The lowest BCUT2D eigenvalue weighted by Gasteiger charge is -2.36. The molecule has 7 atom stereocenters. The Labute approximate surface area is 324 Å². The average Bonchev–Trinajstić information content (AvgIpc) is 3.83. The van der Waals surface area contributed by atoms with Gasteiger partial charge < -0.3 is 43.3 Å². The van der Waals surface area contributed by atoms with Gasteiger partial charge in [-0.25, -0.2) is 4.79 Å². The number of ether oxygens (including phenoxy) is 6. The Hall–Kier alpha value is -3.76. The number of hydrogen-bond donors (Lipinski definition) is 2. The minimum atomic E-state index is -1.26. The van der Waals surface area contributed by atoms with Crippen molar-refractivity contribution < 1.29 is 47.5 Å². The van der Waals surface area contributed by atoms with Crippen LogP contribution in [0.25, 0.3) is 11.0 Å². The van der Waals surface area contributed by atoms with Gasteiger partial charge in [-0.3, -0.25) is 4.79 Å². The molecular weight excluding hydrogens is 702 g/mol. The zero-order chi connectivity index (χ0) is 39.2. The number of aliphatic hydroxyl groups is 1. The predicted octanol–water partition coefficient (Wildman–Crippen LogP) is 7.09. The molecule has 6 rings (SSSR count). The predicted molar refractivity (Wildman–Crippen MR) is 206 cm³/mol. The van der Waals surface area contributed by atoms with E-state index in [2.05, 4.69) is 31.0 Å². The highest BCUT2D eigenvalue weighted by atomic mass is 16.9. The van der Waals surface area contributed by atoms with Crippen molar-refractivity contribution in [3.63, 3.8) is 0 Å². The van der Waals surface area contributed by atoms with Crippen molar-refractivity contribution in [2.75, 3.05) is 19.8 Å². The number of aryl methyl sites for hydroxylation is 1. The molecule has 1 amide bonds. The summed E-state index contributed by atoms with van der Waals surface area (Å²) >= 11 is 0. The molecule has 0 bridgehead atoms. The van der Waals surface area contributed by atoms with Crippen LogP contribution < -0.4 is 5.32 Å². The van der Waals surface area contributed by atoms with Crippen molar-refractivity contribution in [2.24, 2.45) is 0 Å². The van der Waals surface area contributed by atoms with Crippen molar-refractivity contribution in [3.8, 4) is 11.8 Å². The highest BCUT2D eigenvalue weighted by molar-refractivity contribution is 6.06. The van der Waals surface area contributed by atoms with Crippen molar-refractivity contribution in [1.82, 2.24) is 5.32 Å². The van der Waals surface area contributed by atoms with E-state index in [1.807, 2.05) is 63.2 Å². The third-order valence-electron chi connectivity index (χ3n) is 10.4. The maximum absolute atomic E-state index is 14.3. The first-order valence-electron chi connectivity index (χ1n) is 20.0. The van der Waals surface area contributed by atoms with Crippen LogP contribution in [0.2, 0.25) is 0 Å². The van der Waals surface area contributed by atoms with Gasteiger partial charge >= 0.3 is 5.97 Å². The number of hydrogen-bond acceptors (Lipinski definition) is 10. The second-order valence-corrected chi connectivity index (χ2v) is 15.4. The first kappa shape index (κ1) is 40.9. The van der Waals surface area contributed by atoms with Crippen LogP contribution in [0.5, 0.6) is 0 Å². The SMILES string of the molecule is CCCCC#Cc1cc(CC(C(=O)NCCCO)c2ccccc2)cc2c(C(=O)OCC3(C)OC4C(CC)OC5OC(C)(C)OC5C4O3)c(CCCC)oc12. The minimum Gasteiger partial charge on any atom is -0.459 e. The summed E-state index contributed by atoms with van der Waals surface area (Å²) in [6, 6.07) is 13.5. The van der Waals surface area contributed by atoms with Crippen LogP contribution >= 0.6 is 0 Å². The van der Waals surface area contributed by atoms with Crippen molar-refractivity contribution in [1.29, 1.82) is 0 Å². The van der Waals surface area contributed by atoms with Crippen molar-refractivity contribution in [2.45, 2.75) is 148 Å². The van der Waals surface area contributed by atoms with Gasteiger partial charge in [0.2, 0.25) is 11.7 Å². The molecule has 11 nitrogen and oxygen atoms in total. The van der Waals surface area contributed by atoms with Crippen LogP contribution in [-0.2, 0) is 46.1 Å². The normalized spacial score (nSPS) is 25.8. The number of benzene rings is 2. The molecule has 0 aliphatic carbocycles. The summed E-state index contributed by atoms with van der Waals surface area (Å²) < 4.78 is 44.0. The third-order valence-corrected chi connectivity index (χ3v) is 10.4. The number of fused-ring (bicyclic) bond motifs is 4. The maximum Gasteiger partial charge on any atom is 0.342 e. The summed E-state index contributed by atoms with van der Waals surface area (Å²) in [6.07, 6.45) is 4.17. The van der Waals surface area contributed by atoms with Gasteiger partial charge in [0, 0.05) is 31.4 Å². The number of unbranched alkanes of at least 4 members (excludes halogenated alkanes) is 3. The zero-order valence-electron chi connectivity index (χ0n) is 33.1. The van der Waals surface area contributed by atoms with Gasteiger partial charge in [-0.2, -0.15) is 0 Å². The Kier molecular flexibility index (Phi) is 13.4. The van der Waals surface area contributed by atoms with Crippen LogP contribution in [0.1, 0.15) is 125 Å². The number of amides is 1. The molecule has 1 aromatic heterocycles. The molecule has 2 N–H and O–H groups in total. The van der Waals surface area contributed by atoms with E-state index in [0.29, 0.717) is 60.1 Å². The second-order valence-electron chi connectivity index (χ2n) is 15.4. The highest BCUT2D eigenvalue weighted by Gasteiger charge is 2.61. The van der Waals surface area contributed by atoms with Crippen LogP contribution in [0, 0.1) is 11.8 Å². The van der Waals surface area contributed by atoms with E-state index in [0.717, 1.165) is 43.2 Å². The van der Waals surface area contributed by atoms with Crippen LogP contribution in [0.4, 0.5) is 0 Å². The van der Waals surface area contributed by atoms with E-state index in [1.54, 1.807) is 6.92 Å². The Bertz CT molecular complexity index is 1840. The van der Waals surface area contributed by atoms with Crippen molar-refractivity contribution >= 4 is 22.8 Å². The lowest BCUT2D eigenvalue weighted by Crippen LogP contribution is -2.54. The number of aliphatic hydroxyl groups excluding tert-OH is 1. The average molecular weight is 760 g/mol. The summed E-state index contributed by atoms with van der Waals surface area (Å²) in [5.74, 6) is 3.84. The smallest absolute Gasteiger partial charge is 0.342 e. The monoisotopic (exact) mass is 759 g/mol. The second kappa shape index (κ2) is 18.0. The van der Waals surface area contributed by atoms with Crippen LogP contribution in [0.15, 0.2) is 46.9 Å². The molecule has 2 aromatic carbocycles.